The molecule has 102 valence electrons. The fourth-order valence-electron chi connectivity index (χ4n) is 1.60. The molecule has 0 aromatic heterocycles. The summed E-state index contributed by atoms with van der Waals surface area (Å²) in [6.07, 6.45) is 0. The Bertz CT molecular complexity index is 654. The quantitative estimate of drug-likeness (QED) is 0.518. The predicted octanol–water partition coefficient (Wildman–Crippen LogP) is 4.19. The maximum Gasteiger partial charge on any atom is 0.269 e. The van der Waals surface area contributed by atoms with Gasteiger partial charge in [0.15, 0.2) is 0 Å². The zero-order valence-electron chi connectivity index (χ0n) is 10.7. The topological polar surface area (TPSA) is 67.5 Å². The van der Waals surface area contributed by atoms with Crippen LogP contribution in [0.3, 0.4) is 0 Å². The molecule has 2 aromatic rings. The number of hydrogen-bond donors (Lipinski definition) is 1. The molecular weight excluding hydrogens is 322 g/mol. The maximum absolute atomic E-state index is 10.6. The molecule has 0 spiro atoms. The molecule has 0 unspecified atom stereocenters. The van der Waals surface area contributed by atoms with Gasteiger partial charge in [-0.3, -0.25) is 15.5 Å². The highest BCUT2D eigenvalue weighted by molar-refractivity contribution is 9.10. The van der Waals surface area contributed by atoms with Gasteiger partial charge in [0, 0.05) is 16.6 Å². The summed E-state index contributed by atoms with van der Waals surface area (Å²) in [4.78, 5) is 10.2. The lowest BCUT2D eigenvalue weighted by Gasteiger charge is -2.04. The van der Waals surface area contributed by atoms with Gasteiger partial charge in [0.05, 0.1) is 16.3 Å². The van der Waals surface area contributed by atoms with Crippen molar-refractivity contribution >= 4 is 33.0 Å². The number of benzene rings is 2. The van der Waals surface area contributed by atoms with Gasteiger partial charge < -0.3 is 0 Å². The van der Waals surface area contributed by atoms with Crippen LogP contribution in [0.2, 0.25) is 0 Å². The summed E-state index contributed by atoms with van der Waals surface area (Å²) >= 11 is 3.38. The smallest absolute Gasteiger partial charge is 0.269 e. The molecule has 1 N–H and O–H groups in total. The molecule has 0 atom stereocenters. The lowest BCUT2D eigenvalue weighted by molar-refractivity contribution is -0.384. The Hall–Kier alpha value is -2.21. The zero-order chi connectivity index (χ0) is 14.5. The van der Waals surface area contributed by atoms with E-state index in [0.29, 0.717) is 0 Å². The highest BCUT2D eigenvalue weighted by Gasteiger charge is 2.05. The van der Waals surface area contributed by atoms with E-state index in [-0.39, 0.29) is 5.69 Å². The maximum atomic E-state index is 10.6. The van der Waals surface area contributed by atoms with E-state index in [1.807, 2.05) is 31.2 Å². The molecule has 0 aliphatic rings. The number of halogens is 1. The van der Waals surface area contributed by atoms with Gasteiger partial charge in [0.25, 0.3) is 5.69 Å². The number of hydrazone groups is 1. The van der Waals surface area contributed by atoms with Crippen LogP contribution in [0.4, 0.5) is 11.4 Å². The van der Waals surface area contributed by atoms with E-state index in [2.05, 4.69) is 26.5 Å². The Kier molecular flexibility index (Phi) is 4.47. The Labute approximate surface area is 124 Å². The van der Waals surface area contributed by atoms with Gasteiger partial charge in [-0.1, -0.05) is 22.0 Å². The number of hydrogen-bond acceptors (Lipinski definition) is 4. The molecule has 0 heterocycles. The van der Waals surface area contributed by atoms with Crippen molar-refractivity contribution in [2.45, 2.75) is 6.92 Å². The van der Waals surface area contributed by atoms with Crippen molar-refractivity contribution < 1.29 is 4.92 Å². The van der Waals surface area contributed by atoms with E-state index >= 15 is 0 Å². The Balaban J connectivity index is 2.12. The van der Waals surface area contributed by atoms with Crippen LogP contribution < -0.4 is 5.43 Å². The van der Waals surface area contributed by atoms with E-state index in [1.54, 1.807) is 12.1 Å². The summed E-state index contributed by atoms with van der Waals surface area (Å²) in [6.45, 7) is 1.84. The van der Waals surface area contributed by atoms with Crippen molar-refractivity contribution in [2.75, 3.05) is 5.43 Å². The van der Waals surface area contributed by atoms with Crippen LogP contribution in [-0.4, -0.2) is 10.6 Å². The van der Waals surface area contributed by atoms with Crippen LogP contribution in [0, 0.1) is 10.1 Å². The molecular formula is C14H12BrN3O2. The summed E-state index contributed by atoms with van der Waals surface area (Å²) in [7, 11) is 0. The van der Waals surface area contributed by atoms with Gasteiger partial charge >= 0.3 is 0 Å². The Morgan fingerprint density at radius 3 is 2.55 bits per heavy atom. The van der Waals surface area contributed by atoms with Gasteiger partial charge in [-0.05, 0) is 42.8 Å². The first kappa shape index (κ1) is 14.2. The van der Waals surface area contributed by atoms with Crippen LogP contribution in [-0.2, 0) is 0 Å². The number of nitrogens with one attached hydrogen (secondary N) is 1. The molecule has 2 aromatic carbocycles. The predicted molar refractivity (Wildman–Crippen MR) is 83.1 cm³/mol. The van der Waals surface area contributed by atoms with Crippen molar-refractivity contribution in [3.63, 3.8) is 0 Å². The molecule has 5 nitrogen and oxygen atoms in total. The van der Waals surface area contributed by atoms with E-state index in [1.165, 1.54) is 12.1 Å². The molecule has 0 aliphatic carbocycles. The molecule has 0 saturated heterocycles. The monoisotopic (exact) mass is 333 g/mol. The molecule has 0 saturated carbocycles. The lowest BCUT2D eigenvalue weighted by atomic mass is 10.1. The van der Waals surface area contributed by atoms with Crippen LogP contribution >= 0.6 is 15.9 Å². The molecule has 0 radical (unpaired) electrons. The van der Waals surface area contributed by atoms with Gasteiger partial charge in [-0.2, -0.15) is 5.10 Å². The second-order valence-electron chi connectivity index (χ2n) is 4.12. The lowest BCUT2D eigenvalue weighted by Crippen LogP contribution is -2.00. The van der Waals surface area contributed by atoms with Crippen LogP contribution in [0.25, 0.3) is 0 Å². The largest absolute Gasteiger partial charge is 0.278 e. The molecule has 6 heteroatoms. The molecule has 0 fully saturated rings. The Morgan fingerprint density at radius 2 is 1.95 bits per heavy atom. The second kappa shape index (κ2) is 6.29. The minimum atomic E-state index is -0.421. The van der Waals surface area contributed by atoms with Crippen LogP contribution in [0.5, 0.6) is 0 Å². The highest BCUT2D eigenvalue weighted by atomic mass is 79.9. The first-order valence-corrected chi connectivity index (χ1v) is 6.66. The van der Waals surface area contributed by atoms with Crippen molar-refractivity contribution in [3.05, 3.63) is 68.7 Å². The van der Waals surface area contributed by atoms with E-state index in [9.17, 15) is 10.1 Å². The molecule has 0 bridgehead atoms. The number of anilines is 1. The summed E-state index contributed by atoms with van der Waals surface area (Å²) in [6, 6.07) is 13.9. The molecule has 2 rings (SSSR count). The van der Waals surface area contributed by atoms with Crippen LogP contribution in [0.1, 0.15) is 12.5 Å². The minimum Gasteiger partial charge on any atom is -0.278 e. The van der Waals surface area contributed by atoms with E-state index < -0.39 is 4.92 Å². The van der Waals surface area contributed by atoms with Gasteiger partial charge in [-0.25, -0.2) is 0 Å². The van der Waals surface area contributed by atoms with Crippen LogP contribution in [0.15, 0.2) is 58.1 Å². The average molecular weight is 334 g/mol. The molecule has 0 amide bonds. The summed E-state index contributed by atoms with van der Waals surface area (Å²) in [5.74, 6) is 0. The first-order valence-electron chi connectivity index (χ1n) is 5.87. The van der Waals surface area contributed by atoms with E-state index in [4.69, 9.17) is 0 Å². The number of rotatable bonds is 4. The number of nitro benzene ring substituents is 1. The SMILES string of the molecule is C/C(=N\Nc1cccc(Br)c1)c1ccc([N+](=O)[O-])cc1. The summed E-state index contributed by atoms with van der Waals surface area (Å²) in [5.41, 5.74) is 5.46. The molecule has 0 aliphatic heterocycles. The third kappa shape index (κ3) is 3.64. The fourth-order valence-corrected chi connectivity index (χ4v) is 1.99. The summed E-state index contributed by atoms with van der Waals surface area (Å²) < 4.78 is 0.964. The summed E-state index contributed by atoms with van der Waals surface area (Å²) in [5, 5.41) is 14.8. The fraction of sp³-hybridized carbons (Fsp3) is 0.0714. The minimum absolute atomic E-state index is 0.0708. The van der Waals surface area contributed by atoms with Crippen molar-refractivity contribution in [2.24, 2.45) is 5.10 Å². The average Bonchev–Trinajstić information content (AvgIpc) is 2.45. The Morgan fingerprint density at radius 1 is 1.25 bits per heavy atom. The number of nitro groups is 1. The third-order valence-electron chi connectivity index (χ3n) is 2.67. The zero-order valence-corrected chi connectivity index (χ0v) is 12.3. The van der Waals surface area contributed by atoms with Crippen molar-refractivity contribution in [1.82, 2.24) is 0 Å². The number of non-ortho nitro benzene ring substituents is 1. The van der Waals surface area contributed by atoms with Crippen molar-refractivity contribution in [3.8, 4) is 0 Å². The van der Waals surface area contributed by atoms with Gasteiger partial charge in [-0.15, -0.1) is 0 Å². The second-order valence-corrected chi connectivity index (χ2v) is 5.04. The highest BCUT2D eigenvalue weighted by Crippen LogP contribution is 2.16. The first-order chi connectivity index (χ1) is 9.56. The molecule has 20 heavy (non-hydrogen) atoms. The normalized spacial score (nSPS) is 11.2. The van der Waals surface area contributed by atoms with Crippen molar-refractivity contribution in [1.29, 1.82) is 0 Å². The standard InChI is InChI=1S/C14H12BrN3O2/c1-10(11-5-7-14(8-6-11)18(19)20)16-17-13-4-2-3-12(15)9-13/h2-9,17H,1H3/b16-10+. The van der Waals surface area contributed by atoms with Gasteiger partial charge in [0.1, 0.15) is 0 Å². The van der Waals surface area contributed by atoms with E-state index in [0.717, 1.165) is 21.4 Å². The third-order valence-corrected chi connectivity index (χ3v) is 3.17. The van der Waals surface area contributed by atoms with Gasteiger partial charge in [0.2, 0.25) is 0 Å². The number of nitrogens with zero attached hydrogens (tertiary/aromatic N) is 2.